The maximum absolute atomic E-state index is 8.05. The second-order valence-electron chi connectivity index (χ2n) is 2.56. The van der Waals surface area contributed by atoms with Crippen molar-refractivity contribution in [3.8, 4) is 6.07 Å². The normalized spacial score (nSPS) is 10.8. The molecular formula is C6H11NO. The number of nitrogens with zero attached hydrogens (tertiary/aromatic N) is 1. The lowest BCUT2D eigenvalue weighted by Crippen LogP contribution is -2.18. The molecule has 0 atom stereocenters. The monoisotopic (exact) mass is 113 g/mol. The summed E-state index contributed by atoms with van der Waals surface area (Å²) in [7, 11) is 0. The van der Waals surface area contributed by atoms with Crippen molar-refractivity contribution in [2.45, 2.75) is 26.4 Å². The van der Waals surface area contributed by atoms with Crippen molar-refractivity contribution >= 4 is 0 Å². The molecule has 0 aliphatic carbocycles. The van der Waals surface area contributed by atoms with Gasteiger partial charge in [-0.15, -0.1) is 0 Å². The van der Waals surface area contributed by atoms with Crippen LogP contribution < -0.4 is 0 Å². The van der Waals surface area contributed by atoms with Gasteiger partial charge in [-0.1, -0.05) is 0 Å². The standard InChI is InChI=1S/C6H11NO/c1-6(2,3)8-5-4-7/h5H2,1-3H3. The smallest absolute Gasteiger partial charge is 0.134 e. The quantitative estimate of drug-likeness (QED) is 0.514. The van der Waals surface area contributed by atoms with Crippen LogP contribution in [0.1, 0.15) is 20.8 Å². The number of rotatable bonds is 1. The van der Waals surface area contributed by atoms with Crippen LogP contribution >= 0.6 is 0 Å². The maximum Gasteiger partial charge on any atom is 0.134 e. The molecule has 0 heterocycles. The SMILES string of the molecule is CC(C)(C)OCC#N. The van der Waals surface area contributed by atoms with Gasteiger partial charge in [-0.25, -0.2) is 0 Å². The average Bonchev–Trinajstić information content (AvgIpc) is 1.59. The fraction of sp³-hybridized carbons (Fsp3) is 0.833. The van der Waals surface area contributed by atoms with Gasteiger partial charge in [0.1, 0.15) is 6.61 Å². The summed E-state index contributed by atoms with van der Waals surface area (Å²) in [5.74, 6) is 0. The largest absolute Gasteiger partial charge is 0.361 e. The summed E-state index contributed by atoms with van der Waals surface area (Å²) < 4.78 is 5.02. The number of hydrogen-bond donors (Lipinski definition) is 0. The van der Waals surface area contributed by atoms with Crippen LogP contribution in [0.4, 0.5) is 0 Å². The summed E-state index contributed by atoms with van der Waals surface area (Å²) in [6, 6.07) is 1.90. The number of nitriles is 1. The molecule has 46 valence electrons. The van der Waals surface area contributed by atoms with E-state index >= 15 is 0 Å². The second kappa shape index (κ2) is 2.68. The summed E-state index contributed by atoms with van der Waals surface area (Å²) in [5, 5.41) is 8.05. The first kappa shape index (κ1) is 7.45. The van der Waals surface area contributed by atoms with Crippen molar-refractivity contribution in [2.75, 3.05) is 6.61 Å². The minimum Gasteiger partial charge on any atom is -0.361 e. The molecule has 0 spiro atoms. The Hall–Kier alpha value is -0.550. The average molecular weight is 113 g/mol. The van der Waals surface area contributed by atoms with Crippen LogP contribution in [0, 0.1) is 11.3 Å². The Kier molecular flexibility index (Phi) is 2.50. The number of hydrogen-bond acceptors (Lipinski definition) is 2. The van der Waals surface area contributed by atoms with Gasteiger partial charge in [-0.3, -0.25) is 0 Å². The van der Waals surface area contributed by atoms with Crippen molar-refractivity contribution in [2.24, 2.45) is 0 Å². The highest BCUT2D eigenvalue weighted by Gasteiger charge is 2.07. The van der Waals surface area contributed by atoms with Crippen LogP contribution in [0.15, 0.2) is 0 Å². The van der Waals surface area contributed by atoms with Crippen LogP contribution in [0.2, 0.25) is 0 Å². The van der Waals surface area contributed by atoms with E-state index in [4.69, 9.17) is 10.00 Å². The highest BCUT2D eigenvalue weighted by Crippen LogP contribution is 2.04. The maximum atomic E-state index is 8.05. The molecule has 2 heteroatoms. The molecule has 0 aromatic heterocycles. The van der Waals surface area contributed by atoms with E-state index in [1.165, 1.54) is 0 Å². The number of ether oxygens (including phenoxy) is 1. The van der Waals surface area contributed by atoms with E-state index in [2.05, 4.69) is 0 Å². The van der Waals surface area contributed by atoms with Crippen molar-refractivity contribution in [1.29, 1.82) is 5.26 Å². The van der Waals surface area contributed by atoms with Crippen molar-refractivity contribution < 1.29 is 4.74 Å². The van der Waals surface area contributed by atoms with Crippen molar-refractivity contribution in [3.05, 3.63) is 0 Å². The van der Waals surface area contributed by atoms with Gasteiger partial charge in [0, 0.05) is 0 Å². The molecule has 0 aliphatic heterocycles. The minimum atomic E-state index is -0.171. The van der Waals surface area contributed by atoms with E-state index in [0.717, 1.165) is 0 Å². The van der Waals surface area contributed by atoms with Crippen LogP contribution in [-0.4, -0.2) is 12.2 Å². The van der Waals surface area contributed by atoms with Crippen LogP contribution in [-0.2, 0) is 4.74 Å². The van der Waals surface area contributed by atoms with Gasteiger partial charge in [0.25, 0.3) is 0 Å². The van der Waals surface area contributed by atoms with Crippen LogP contribution in [0.5, 0.6) is 0 Å². The van der Waals surface area contributed by atoms with E-state index in [9.17, 15) is 0 Å². The topological polar surface area (TPSA) is 33.0 Å². The first-order valence-corrected chi connectivity index (χ1v) is 2.57. The molecule has 0 amide bonds. The Bertz CT molecular complexity index is 96.1. The third-order valence-electron chi connectivity index (χ3n) is 0.570. The molecular weight excluding hydrogens is 102 g/mol. The van der Waals surface area contributed by atoms with Crippen molar-refractivity contribution in [1.82, 2.24) is 0 Å². The second-order valence-corrected chi connectivity index (χ2v) is 2.56. The molecule has 0 N–H and O–H groups in total. The Morgan fingerprint density at radius 3 is 2.12 bits per heavy atom. The molecule has 0 rings (SSSR count). The third kappa shape index (κ3) is 5.45. The predicted octanol–water partition coefficient (Wildman–Crippen LogP) is 1.33. The van der Waals surface area contributed by atoms with E-state index in [-0.39, 0.29) is 12.2 Å². The lowest BCUT2D eigenvalue weighted by Gasteiger charge is -2.16. The van der Waals surface area contributed by atoms with Gasteiger partial charge >= 0.3 is 0 Å². The zero-order valence-corrected chi connectivity index (χ0v) is 5.56. The van der Waals surface area contributed by atoms with Gasteiger partial charge in [-0.2, -0.15) is 5.26 Å². The zero-order valence-electron chi connectivity index (χ0n) is 5.56. The van der Waals surface area contributed by atoms with Gasteiger partial charge in [0.05, 0.1) is 11.7 Å². The van der Waals surface area contributed by atoms with E-state index in [1.54, 1.807) is 0 Å². The molecule has 0 saturated carbocycles. The molecule has 2 nitrogen and oxygen atoms in total. The van der Waals surface area contributed by atoms with E-state index in [1.807, 2.05) is 26.8 Å². The third-order valence-corrected chi connectivity index (χ3v) is 0.570. The fourth-order valence-corrected chi connectivity index (χ4v) is 0.249. The molecule has 0 bridgehead atoms. The highest BCUT2D eigenvalue weighted by molar-refractivity contribution is 4.70. The van der Waals surface area contributed by atoms with Crippen LogP contribution in [0.3, 0.4) is 0 Å². The van der Waals surface area contributed by atoms with Gasteiger partial charge in [-0.05, 0) is 20.8 Å². The van der Waals surface area contributed by atoms with Gasteiger partial charge < -0.3 is 4.74 Å². The van der Waals surface area contributed by atoms with Crippen LogP contribution in [0.25, 0.3) is 0 Å². The summed E-state index contributed by atoms with van der Waals surface area (Å²) in [5.41, 5.74) is -0.171. The Morgan fingerprint density at radius 1 is 1.50 bits per heavy atom. The van der Waals surface area contributed by atoms with E-state index in [0.29, 0.717) is 0 Å². The fourth-order valence-electron chi connectivity index (χ4n) is 0.249. The highest BCUT2D eigenvalue weighted by atomic mass is 16.5. The van der Waals surface area contributed by atoms with Gasteiger partial charge in [0.15, 0.2) is 0 Å². The lowest BCUT2D eigenvalue weighted by molar-refractivity contribution is 0.0174. The Morgan fingerprint density at radius 2 is 2.00 bits per heavy atom. The molecule has 0 saturated heterocycles. The first-order chi connectivity index (χ1) is 3.56. The zero-order chi connectivity index (χ0) is 6.62. The summed E-state index contributed by atoms with van der Waals surface area (Å²) in [6.07, 6.45) is 0. The summed E-state index contributed by atoms with van der Waals surface area (Å²) >= 11 is 0. The predicted molar refractivity (Wildman–Crippen MR) is 31.3 cm³/mol. The lowest BCUT2D eigenvalue weighted by atomic mass is 10.2. The summed E-state index contributed by atoms with van der Waals surface area (Å²) in [4.78, 5) is 0. The molecule has 0 radical (unpaired) electrons. The molecule has 8 heavy (non-hydrogen) atoms. The molecule has 0 aromatic carbocycles. The Balaban J connectivity index is 3.28. The Labute approximate surface area is 50.1 Å². The van der Waals surface area contributed by atoms with Crippen molar-refractivity contribution in [3.63, 3.8) is 0 Å². The first-order valence-electron chi connectivity index (χ1n) is 2.57. The summed E-state index contributed by atoms with van der Waals surface area (Å²) in [6.45, 7) is 5.95. The minimum absolute atomic E-state index is 0.171. The van der Waals surface area contributed by atoms with E-state index < -0.39 is 0 Å². The molecule has 0 fully saturated rings. The molecule has 0 aromatic rings. The molecule has 0 unspecified atom stereocenters. The van der Waals surface area contributed by atoms with Gasteiger partial charge in [0.2, 0.25) is 0 Å². The molecule has 0 aliphatic rings.